The fraction of sp³-hybridized carbons (Fsp3) is 0.474. The van der Waals surface area contributed by atoms with Gasteiger partial charge in [-0.3, -0.25) is 4.79 Å². The van der Waals surface area contributed by atoms with Crippen LogP contribution in [0.25, 0.3) is 0 Å². The Hall–Kier alpha value is -1.95. The van der Waals surface area contributed by atoms with Crippen LogP contribution in [0.2, 0.25) is 0 Å². The van der Waals surface area contributed by atoms with Gasteiger partial charge < -0.3 is 14.4 Å². The number of allylic oxidation sites excluding steroid dienone is 1. The van der Waals surface area contributed by atoms with Crippen molar-refractivity contribution in [2.75, 3.05) is 20.8 Å². The Kier molecular flexibility index (Phi) is 3.83. The number of hydrogen-bond acceptors (Lipinski definition) is 6. The van der Waals surface area contributed by atoms with Gasteiger partial charge in [-0.15, -0.1) is 11.8 Å². The second kappa shape index (κ2) is 5.80. The molecule has 1 saturated heterocycles. The van der Waals surface area contributed by atoms with E-state index in [9.17, 15) is 9.59 Å². The van der Waals surface area contributed by atoms with E-state index < -0.39 is 10.7 Å². The molecule has 4 rings (SSSR count). The first-order chi connectivity index (χ1) is 12.1. The van der Waals surface area contributed by atoms with E-state index in [1.807, 2.05) is 24.3 Å². The lowest BCUT2D eigenvalue weighted by atomic mass is 9.66. The normalized spacial score (nSPS) is 29.8. The Morgan fingerprint density at radius 1 is 1.24 bits per heavy atom. The number of carbonyl (C=O) groups excluding carboxylic acids is 2. The second-order valence-electron chi connectivity index (χ2n) is 6.74. The first-order valence-corrected chi connectivity index (χ1v) is 9.33. The molecule has 132 valence electrons. The highest BCUT2D eigenvalue weighted by Gasteiger charge is 2.69. The third kappa shape index (κ3) is 2.03. The number of hydrogen-bond donors (Lipinski definition) is 0. The highest BCUT2D eigenvalue weighted by molar-refractivity contribution is 8.02. The SMILES string of the molecule is COC(=O)C1=C(N2CCC[C@H]2C)C2c3ccccc3SC12C(=O)OC. The summed E-state index contributed by atoms with van der Waals surface area (Å²) in [5.74, 6) is -0.971. The van der Waals surface area contributed by atoms with Crippen LogP contribution in [0, 0.1) is 0 Å². The molecular formula is C19H21NO4S. The number of esters is 2. The number of nitrogens with zero attached hydrogens (tertiary/aromatic N) is 1. The van der Waals surface area contributed by atoms with Crippen molar-refractivity contribution in [1.29, 1.82) is 0 Å². The monoisotopic (exact) mass is 359 g/mol. The highest BCUT2D eigenvalue weighted by Crippen LogP contribution is 2.68. The van der Waals surface area contributed by atoms with E-state index in [4.69, 9.17) is 9.47 Å². The maximum Gasteiger partial charge on any atom is 0.337 e. The lowest BCUT2D eigenvalue weighted by Gasteiger charge is -2.48. The molecule has 2 unspecified atom stereocenters. The van der Waals surface area contributed by atoms with Gasteiger partial charge in [0.25, 0.3) is 0 Å². The molecule has 1 aromatic rings. The minimum absolute atomic E-state index is 0.157. The summed E-state index contributed by atoms with van der Waals surface area (Å²) in [4.78, 5) is 28.8. The summed E-state index contributed by atoms with van der Waals surface area (Å²) in [5.41, 5.74) is 2.50. The van der Waals surface area contributed by atoms with Crippen LogP contribution < -0.4 is 0 Å². The zero-order chi connectivity index (χ0) is 17.8. The van der Waals surface area contributed by atoms with Crippen molar-refractivity contribution in [3.05, 3.63) is 41.1 Å². The molecule has 0 bridgehead atoms. The number of fused-ring (bicyclic) bond motifs is 3. The number of thioether (sulfide) groups is 1. The van der Waals surface area contributed by atoms with Gasteiger partial charge in [0.15, 0.2) is 4.75 Å². The number of likely N-dealkylation sites (tertiary alicyclic amines) is 1. The van der Waals surface area contributed by atoms with E-state index >= 15 is 0 Å². The van der Waals surface area contributed by atoms with Crippen molar-refractivity contribution in [2.24, 2.45) is 0 Å². The quantitative estimate of drug-likeness (QED) is 0.774. The smallest absolute Gasteiger partial charge is 0.337 e. The summed E-state index contributed by atoms with van der Waals surface area (Å²) in [6.45, 7) is 3.07. The van der Waals surface area contributed by atoms with Gasteiger partial charge in [-0.05, 0) is 31.4 Å². The molecule has 3 aliphatic rings. The fourth-order valence-electron chi connectivity index (χ4n) is 4.43. The maximum atomic E-state index is 12.8. The molecule has 6 heteroatoms. The van der Waals surface area contributed by atoms with Gasteiger partial charge in [0, 0.05) is 23.2 Å². The van der Waals surface area contributed by atoms with Crippen LogP contribution in [0.5, 0.6) is 0 Å². The van der Waals surface area contributed by atoms with Crippen molar-refractivity contribution >= 4 is 23.7 Å². The second-order valence-corrected chi connectivity index (χ2v) is 8.02. The van der Waals surface area contributed by atoms with Crippen LogP contribution in [-0.4, -0.2) is 48.4 Å². The summed E-state index contributed by atoms with van der Waals surface area (Å²) >= 11 is 1.42. The van der Waals surface area contributed by atoms with Crippen LogP contribution in [0.3, 0.4) is 0 Å². The topological polar surface area (TPSA) is 55.8 Å². The van der Waals surface area contributed by atoms with Crippen molar-refractivity contribution in [3.63, 3.8) is 0 Å². The molecule has 0 N–H and O–H groups in total. The largest absolute Gasteiger partial charge is 0.468 e. The van der Waals surface area contributed by atoms with Gasteiger partial charge in [0.1, 0.15) is 0 Å². The van der Waals surface area contributed by atoms with Crippen LogP contribution in [0.15, 0.2) is 40.4 Å². The highest BCUT2D eigenvalue weighted by atomic mass is 32.2. The molecule has 0 spiro atoms. The number of carbonyl (C=O) groups is 2. The Balaban J connectivity index is 1.93. The summed E-state index contributed by atoms with van der Waals surface area (Å²) in [6, 6.07) is 8.34. The summed E-state index contributed by atoms with van der Waals surface area (Å²) in [7, 11) is 2.74. The maximum absolute atomic E-state index is 12.8. The average molecular weight is 359 g/mol. The molecule has 1 aliphatic carbocycles. The fourth-order valence-corrected chi connectivity index (χ4v) is 6.04. The molecule has 25 heavy (non-hydrogen) atoms. The number of benzene rings is 1. The number of methoxy groups -OCH3 is 2. The minimum atomic E-state index is -1.02. The molecule has 3 atom stereocenters. The van der Waals surface area contributed by atoms with Gasteiger partial charge in [0.05, 0.1) is 25.7 Å². The van der Waals surface area contributed by atoms with E-state index in [1.54, 1.807) is 0 Å². The summed E-state index contributed by atoms with van der Waals surface area (Å²) < 4.78 is 9.17. The zero-order valence-corrected chi connectivity index (χ0v) is 15.4. The lowest BCUT2D eigenvalue weighted by Crippen LogP contribution is -2.56. The van der Waals surface area contributed by atoms with Crippen LogP contribution in [-0.2, 0) is 19.1 Å². The van der Waals surface area contributed by atoms with Crippen LogP contribution in [0.4, 0.5) is 0 Å². The molecule has 2 heterocycles. The average Bonchev–Trinajstić information content (AvgIpc) is 3.15. The molecule has 1 aromatic carbocycles. The predicted molar refractivity (Wildman–Crippen MR) is 94.2 cm³/mol. The molecular weight excluding hydrogens is 338 g/mol. The predicted octanol–water partition coefficient (Wildman–Crippen LogP) is 2.71. The van der Waals surface area contributed by atoms with Crippen LogP contribution >= 0.6 is 11.8 Å². The van der Waals surface area contributed by atoms with Crippen molar-refractivity contribution in [2.45, 2.75) is 41.4 Å². The van der Waals surface area contributed by atoms with E-state index in [0.29, 0.717) is 11.6 Å². The van der Waals surface area contributed by atoms with Gasteiger partial charge in [0.2, 0.25) is 0 Å². The number of rotatable bonds is 3. The first-order valence-electron chi connectivity index (χ1n) is 8.52. The first kappa shape index (κ1) is 16.5. The Morgan fingerprint density at radius 2 is 2.00 bits per heavy atom. The standard InChI is InChI=1S/C19H21NO4S/c1-11-7-6-10-20(11)16-14-12-8-4-5-9-13(12)25-19(14,18(22)24-3)15(16)17(21)23-2/h4-5,8-9,11,14H,6-7,10H2,1-3H3/t11-,14?,19?/m1/s1. The molecule has 0 saturated carbocycles. The Morgan fingerprint density at radius 3 is 2.64 bits per heavy atom. The molecule has 5 nitrogen and oxygen atoms in total. The Bertz CT molecular complexity index is 789. The van der Waals surface area contributed by atoms with Gasteiger partial charge in [-0.25, -0.2) is 4.79 Å². The molecule has 0 aromatic heterocycles. The Labute approximate surface area is 151 Å². The number of ether oxygens (including phenoxy) is 2. The summed E-state index contributed by atoms with van der Waals surface area (Å²) in [5, 5.41) is 0. The van der Waals surface area contributed by atoms with E-state index in [2.05, 4.69) is 11.8 Å². The van der Waals surface area contributed by atoms with Crippen molar-refractivity contribution in [1.82, 2.24) is 4.90 Å². The van der Waals surface area contributed by atoms with E-state index in [0.717, 1.165) is 35.5 Å². The van der Waals surface area contributed by atoms with Crippen molar-refractivity contribution < 1.29 is 19.1 Å². The van der Waals surface area contributed by atoms with E-state index in [1.165, 1.54) is 26.0 Å². The van der Waals surface area contributed by atoms with Crippen LogP contribution in [0.1, 0.15) is 31.2 Å². The summed E-state index contributed by atoms with van der Waals surface area (Å²) in [6.07, 6.45) is 2.18. The van der Waals surface area contributed by atoms with Crippen molar-refractivity contribution in [3.8, 4) is 0 Å². The third-order valence-corrected chi connectivity index (χ3v) is 7.07. The van der Waals surface area contributed by atoms with Gasteiger partial charge >= 0.3 is 11.9 Å². The molecule has 1 fully saturated rings. The molecule has 0 radical (unpaired) electrons. The zero-order valence-electron chi connectivity index (χ0n) is 14.6. The minimum Gasteiger partial charge on any atom is -0.468 e. The van der Waals surface area contributed by atoms with Gasteiger partial charge in [-0.1, -0.05) is 18.2 Å². The third-order valence-electron chi connectivity index (χ3n) is 5.55. The van der Waals surface area contributed by atoms with E-state index in [-0.39, 0.29) is 11.9 Å². The molecule has 2 aliphatic heterocycles. The van der Waals surface area contributed by atoms with Gasteiger partial charge in [-0.2, -0.15) is 0 Å². The molecule has 0 amide bonds. The lowest BCUT2D eigenvalue weighted by molar-refractivity contribution is -0.147.